The lowest BCUT2D eigenvalue weighted by atomic mass is 10.1. The van der Waals surface area contributed by atoms with E-state index >= 15 is 0 Å². The number of piperidine rings is 1. The Morgan fingerprint density at radius 2 is 1.31 bits per heavy atom. The van der Waals surface area contributed by atoms with Crippen molar-refractivity contribution < 1.29 is 18.0 Å². The third-order valence-corrected chi connectivity index (χ3v) is 5.91. The van der Waals surface area contributed by atoms with Gasteiger partial charge < -0.3 is 15.5 Å². The van der Waals surface area contributed by atoms with E-state index in [9.17, 15) is 18.0 Å². The van der Waals surface area contributed by atoms with Crippen LogP contribution >= 0.6 is 0 Å². The first-order valence-corrected chi connectivity index (χ1v) is 10.9. The number of hydrogen-bond acceptors (Lipinski definition) is 4. The smallest absolute Gasteiger partial charge is 0.321 e. The van der Waals surface area contributed by atoms with E-state index in [4.69, 9.17) is 0 Å². The predicted molar refractivity (Wildman–Crippen MR) is 112 cm³/mol. The third kappa shape index (κ3) is 5.71. The average Bonchev–Trinajstić information content (AvgIpc) is 2.70. The molecule has 3 rings (SSSR count). The molecule has 0 bridgehead atoms. The van der Waals surface area contributed by atoms with Gasteiger partial charge in [-0.25, -0.2) is 13.2 Å². The number of hydrogen-bond donors (Lipinski definition) is 3. The average molecular weight is 417 g/mol. The van der Waals surface area contributed by atoms with E-state index < -0.39 is 10.0 Å². The Kier molecular flexibility index (Phi) is 6.38. The van der Waals surface area contributed by atoms with Gasteiger partial charge in [0.25, 0.3) is 10.0 Å². The van der Waals surface area contributed by atoms with Crippen LogP contribution in [0.1, 0.15) is 26.2 Å². The molecular formula is C20H24N4O4S. The summed E-state index contributed by atoms with van der Waals surface area (Å²) >= 11 is 0. The number of benzene rings is 2. The molecule has 29 heavy (non-hydrogen) atoms. The maximum Gasteiger partial charge on any atom is 0.321 e. The van der Waals surface area contributed by atoms with Crippen molar-refractivity contribution in [1.29, 1.82) is 0 Å². The molecule has 0 aromatic heterocycles. The normalized spacial score (nSPS) is 14.2. The van der Waals surface area contributed by atoms with Gasteiger partial charge in [-0.1, -0.05) is 0 Å². The van der Waals surface area contributed by atoms with Crippen molar-refractivity contribution in [2.24, 2.45) is 0 Å². The molecule has 1 aliphatic rings. The number of likely N-dealkylation sites (tertiary alicyclic amines) is 1. The largest absolute Gasteiger partial charge is 0.326 e. The van der Waals surface area contributed by atoms with E-state index in [1.807, 2.05) is 0 Å². The number of nitrogens with zero attached hydrogens (tertiary/aromatic N) is 1. The number of nitrogens with one attached hydrogen (secondary N) is 3. The molecule has 3 N–H and O–H groups in total. The number of amides is 3. The first kappa shape index (κ1) is 20.7. The molecule has 1 heterocycles. The Hall–Kier alpha value is -3.07. The number of rotatable bonds is 5. The summed E-state index contributed by atoms with van der Waals surface area (Å²) in [4.78, 5) is 25.1. The van der Waals surface area contributed by atoms with Gasteiger partial charge in [-0.05, 0) is 67.8 Å². The highest BCUT2D eigenvalue weighted by Gasteiger charge is 2.17. The van der Waals surface area contributed by atoms with Gasteiger partial charge >= 0.3 is 6.03 Å². The van der Waals surface area contributed by atoms with Gasteiger partial charge in [0.05, 0.1) is 4.90 Å². The molecular weight excluding hydrogens is 392 g/mol. The Morgan fingerprint density at radius 3 is 1.90 bits per heavy atom. The summed E-state index contributed by atoms with van der Waals surface area (Å²) in [6.45, 7) is 2.88. The first-order valence-electron chi connectivity index (χ1n) is 9.40. The summed E-state index contributed by atoms with van der Waals surface area (Å²) in [7, 11) is -3.78. The maximum atomic E-state index is 12.6. The second-order valence-corrected chi connectivity index (χ2v) is 8.55. The quantitative estimate of drug-likeness (QED) is 0.694. The fourth-order valence-corrected chi connectivity index (χ4v) is 4.11. The molecule has 0 radical (unpaired) electrons. The summed E-state index contributed by atoms with van der Waals surface area (Å²) < 4.78 is 27.6. The fraction of sp³-hybridized carbons (Fsp3) is 0.300. The van der Waals surface area contributed by atoms with Crippen LogP contribution in [0.3, 0.4) is 0 Å². The SMILES string of the molecule is CC(=O)Nc1ccc(NS(=O)(=O)c2ccc(NC(=O)N3CCCCC3)cc2)cc1. The Labute approximate surface area is 170 Å². The van der Waals surface area contributed by atoms with Crippen LogP contribution in [0, 0.1) is 0 Å². The van der Waals surface area contributed by atoms with Gasteiger partial charge in [0, 0.05) is 37.1 Å². The number of urea groups is 1. The van der Waals surface area contributed by atoms with Crippen LogP contribution in [-0.2, 0) is 14.8 Å². The van der Waals surface area contributed by atoms with E-state index in [0.29, 0.717) is 17.1 Å². The van der Waals surface area contributed by atoms with Crippen molar-refractivity contribution >= 4 is 39.0 Å². The van der Waals surface area contributed by atoms with Crippen LogP contribution in [0.4, 0.5) is 21.9 Å². The van der Waals surface area contributed by atoms with Crippen LogP contribution in [0.5, 0.6) is 0 Å². The summed E-state index contributed by atoms with van der Waals surface area (Å²) in [6.07, 6.45) is 3.14. The van der Waals surface area contributed by atoms with E-state index in [1.54, 1.807) is 41.3 Å². The molecule has 2 aromatic rings. The van der Waals surface area contributed by atoms with Gasteiger partial charge in [0.1, 0.15) is 0 Å². The van der Waals surface area contributed by atoms with E-state index in [2.05, 4.69) is 15.4 Å². The molecule has 0 aliphatic carbocycles. The highest BCUT2D eigenvalue weighted by atomic mass is 32.2. The molecule has 9 heteroatoms. The molecule has 154 valence electrons. The van der Waals surface area contributed by atoms with Crippen molar-refractivity contribution in [3.63, 3.8) is 0 Å². The molecule has 0 atom stereocenters. The molecule has 1 saturated heterocycles. The second kappa shape index (κ2) is 8.95. The number of carbonyl (C=O) groups excluding carboxylic acids is 2. The number of anilines is 3. The highest BCUT2D eigenvalue weighted by Crippen LogP contribution is 2.20. The van der Waals surface area contributed by atoms with Crippen molar-refractivity contribution in [1.82, 2.24) is 4.90 Å². The predicted octanol–water partition coefficient (Wildman–Crippen LogP) is 3.46. The van der Waals surface area contributed by atoms with Crippen LogP contribution in [0.2, 0.25) is 0 Å². The van der Waals surface area contributed by atoms with Gasteiger partial charge in [-0.3, -0.25) is 9.52 Å². The van der Waals surface area contributed by atoms with Crippen molar-refractivity contribution in [3.05, 3.63) is 48.5 Å². The standard InChI is InChI=1S/C20H24N4O4S/c1-15(25)21-16-5-7-18(8-6-16)23-29(27,28)19-11-9-17(10-12-19)22-20(26)24-13-3-2-4-14-24/h5-12,23H,2-4,13-14H2,1H3,(H,21,25)(H,22,26). The van der Waals surface area contributed by atoms with Crippen molar-refractivity contribution in [3.8, 4) is 0 Å². The molecule has 1 fully saturated rings. The second-order valence-electron chi connectivity index (χ2n) is 6.87. The molecule has 8 nitrogen and oxygen atoms in total. The van der Waals surface area contributed by atoms with E-state index in [0.717, 1.165) is 32.4 Å². The molecule has 0 saturated carbocycles. The molecule has 2 aromatic carbocycles. The monoisotopic (exact) mass is 416 g/mol. The summed E-state index contributed by atoms with van der Waals surface area (Å²) in [6, 6.07) is 12.2. The van der Waals surface area contributed by atoms with Crippen molar-refractivity contribution in [2.45, 2.75) is 31.1 Å². The summed E-state index contributed by atoms with van der Waals surface area (Å²) in [5, 5.41) is 5.42. The lowest BCUT2D eigenvalue weighted by molar-refractivity contribution is -0.114. The highest BCUT2D eigenvalue weighted by molar-refractivity contribution is 7.92. The molecule has 0 unspecified atom stereocenters. The minimum atomic E-state index is -3.78. The Morgan fingerprint density at radius 1 is 0.793 bits per heavy atom. The van der Waals surface area contributed by atoms with Crippen LogP contribution in [0.25, 0.3) is 0 Å². The van der Waals surface area contributed by atoms with Crippen LogP contribution in [-0.4, -0.2) is 38.3 Å². The van der Waals surface area contributed by atoms with Gasteiger partial charge in [0.15, 0.2) is 0 Å². The topological polar surface area (TPSA) is 108 Å². The summed E-state index contributed by atoms with van der Waals surface area (Å²) in [5.41, 5.74) is 1.50. The van der Waals surface area contributed by atoms with E-state index in [-0.39, 0.29) is 16.8 Å². The minimum Gasteiger partial charge on any atom is -0.326 e. The Balaban J connectivity index is 1.63. The first-order chi connectivity index (χ1) is 13.8. The number of sulfonamides is 1. The van der Waals surface area contributed by atoms with Crippen LogP contribution in [0.15, 0.2) is 53.4 Å². The van der Waals surface area contributed by atoms with E-state index in [1.165, 1.54) is 19.1 Å². The molecule has 1 aliphatic heterocycles. The maximum absolute atomic E-state index is 12.6. The van der Waals surface area contributed by atoms with Gasteiger partial charge in [-0.2, -0.15) is 0 Å². The van der Waals surface area contributed by atoms with Crippen molar-refractivity contribution in [2.75, 3.05) is 28.4 Å². The lowest BCUT2D eigenvalue weighted by Crippen LogP contribution is -2.38. The lowest BCUT2D eigenvalue weighted by Gasteiger charge is -2.26. The Bertz CT molecular complexity index is 967. The zero-order valence-corrected chi connectivity index (χ0v) is 17.0. The minimum absolute atomic E-state index is 0.0828. The molecule has 0 spiro atoms. The molecule has 3 amide bonds. The zero-order chi connectivity index (χ0) is 20.9. The third-order valence-electron chi connectivity index (χ3n) is 4.52. The van der Waals surface area contributed by atoms with Crippen LogP contribution < -0.4 is 15.4 Å². The van der Waals surface area contributed by atoms with Gasteiger partial charge in [0.2, 0.25) is 5.91 Å². The zero-order valence-electron chi connectivity index (χ0n) is 16.1. The van der Waals surface area contributed by atoms with Gasteiger partial charge in [-0.15, -0.1) is 0 Å². The summed E-state index contributed by atoms with van der Waals surface area (Å²) in [5.74, 6) is -0.203. The fourth-order valence-electron chi connectivity index (χ4n) is 3.06. The number of carbonyl (C=O) groups is 2.